The van der Waals surface area contributed by atoms with Crippen LogP contribution in [0.1, 0.15) is 70.4 Å². The molecule has 1 aromatic heterocycles. The number of ether oxygens (including phenoxy) is 1. The Bertz CT molecular complexity index is 1560. The number of methoxy groups -OCH3 is 1. The first-order valence-electron chi connectivity index (χ1n) is 13.2. The van der Waals surface area contributed by atoms with Crippen LogP contribution < -0.4 is 4.74 Å². The van der Waals surface area contributed by atoms with Gasteiger partial charge in [0, 0.05) is 36.4 Å². The Morgan fingerprint density at radius 1 is 1.10 bits per heavy atom. The molecule has 1 atom stereocenters. The van der Waals surface area contributed by atoms with Gasteiger partial charge in [0.15, 0.2) is 9.84 Å². The second-order valence-electron chi connectivity index (χ2n) is 10.3. The number of sulfone groups is 1. The lowest BCUT2D eigenvalue weighted by Gasteiger charge is -2.35. The Morgan fingerprint density at radius 3 is 2.40 bits per heavy atom. The van der Waals surface area contributed by atoms with Gasteiger partial charge in [-0.25, -0.2) is 17.2 Å². The molecule has 2 aliphatic carbocycles. The minimum absolute atomic E-state index is 0.00626. The number of allylic oxidation sites excluding steroid dienone is 1. The number of hydrogen-bond acceptors (Lipinski definition) is 5. The molecule has 0 saturated heterocycles. The van der Waals surface area contributed by atoms with E-state index in [0.29, 0.717) is 5.75 Å². The largest absolute Gasteiger partial charge is 0.496 e. The number of halogens is 3. The normalized spacial score (nSPS) is 17.7. The summed E-state index contributed by atoms with van der Waals surface area (Å²) in [5.74, 6) is -0.295. The first kappa shape index (κ1) is 28.8. The molecule has 10 heteroatoms. The van der Waals surface area contributed by atoms with Gasteiger partial charge in [0.1, 0.15) is 22.6 Å². The van der Waals surface area contributed by atoms with Crippen LogP contribution in [0.4, 0.5) is 8.78 Å². The molecule has 1 heterocycles. The lowest BCUT2D eigenvalue weighted by molar-refractivity contribution is 0.0617. The highest BCUT2D eigenvalue weighted by Crippen LogP contribution is 2.47. The van der Waals surface area contributed by atoms with Gasteiger partial charge >= 0.3 is 0 Å². The van der Waals surface area contributed by atoms with E-state index in [1.54, 1.807) is 36.3 Å². The van der Waals surface area contributed by atoms with Crippen LogP contribution in [-0.4, -0.2) is 38.6 Å². The molecule has 5 rings (SSSR count). The molecule has 5 nitrogen and oxygen atoms in total. The van der Waals surface area contributed by atoms with E-state index in [2.05, 4.69) is 0 Å². The maximum absolute atomic E-state index is 14.7. The molecular weight excluding hydrogens is 576 g/mol. The zero-order chi connectivity index (χ0) is 28.6. The van der Waals surface area contributed by atoms with Crippen molar-refractivity contribution in [2.75, 3.05) is 13.4 Å². The number of rotatable bonds is 7. The van der Waals surface area contributed by atoms with Crippen LogP contribution in [0.15, 0.2) is 53.4 Å². The zero-order valence-electron chi connectivity index (χ0n) is 22.3. The third-order valence-corrected chi connectivity index (χ3v) is 10.5. The van der Waals surface area contributed by atoms with Gasteiger partial charge in [-0.3, -0.25) is 4.79 Å². The van der Waals surface area contributed by atoms with Gasteiger partial charge < -0.3 is 9.64 Å². The van der Waals surface area contributed by atoms with Crippen molar-refractivity contribution in [2.24, 2.45) is 0 Å². The Hall–Kier alpha value is -2.75. The van der Waals surface area contributed by atoms with Crippen molar-refractivity contribution in [3.63, 3.8) is 0 Å². The summed E-state index contributed by atoms with van der Waals surface area (Å²) in [6.45, 7) is 0.220. The molecule has 212 valence electrons. The minimum atomic E-state index is -3.32. The summed E-state index contributed by atoms with van der Waals surface area (Å²) in [7, 11) is -1.76. The molecule has 3 aromatic rings. The fraction of sp³-hybridized carbons (Fsp3) is 0.367. The highest BCUT2D eigenvalue weighted by molar-refractivity contribution is 7.90. The van der Waals surface area contributed by atoms with E-state index in [1.807, 2.05) is 18.2 Å². The number of nitrogens with zero attached hydrogens (tertiary/aromatic N) is 1. The molecule has 0 radical (unpaired) electrons. The van der Waals surface area contributed by atoms with Gasteiger partial charge in [-0.1, -0.05) is 49.1 Å². The van der Waals surface area contributed by atoms with Gasteiger partial charge in [-0.05, 0) is 54.3 Å². The SMILES string of the molecule is COc1ccc(-c2ccc(S(C)(=O)=O)cc2)cc1CN(C(=O)c1sc2c(c1Cl)C(F)CC=C2F)C1CCCCC1. The average Bonchev–Trinajstić information content (AvgIpc) is 3.31. The standard InChI is InChI=1S/C30H30ClF2NO4S2/c1-38-25-15-10-19(18-8-11-22(12-9-18)40(2,36)37)16-20(25)17-34(21-6-4-3-5-7-21)30(35)29-27(31)26-23(32)13-14-24(33)28(26)39-29/h8-12,14-16,21,23H,3-7,13,17H2,1-2H3. The van der Waals surface area contributed by atoms with E-state index in [0.717, 1.165) is 60.1 Å². The van der Waals surface area contributed by atoms with E-state index in [1.165, 1.54) is 12.3 Å². The van der Waals surface area contributed by atoms with Crippen LogP contribution >= 0.6 is 22.9 Å². The average molecular weight is 606 g/mol. The van der Waals surface area contributed by atoms with Gasteiger partial charge in [0.2, 0.25) is 0 Å². The van der Waals surface area contributed by atoms with Crippen LogP contribution in [-0.2, 0) is 16.4 Å². The summed E-state index contributed by atoms with van der Waals surface area (Å²) >= 11 is 7.46. The Balaban J connectivity index is 1.52. The molecule has 1 unspecified atom stereocenters. The highest BCUT2D eigenvalue weighted by atomic mass is 35.5. The third kappa shape index (κ3) is 5.69. The Morgan fingerprint density at radius 2 is 1.77 bits per heavy atom. The summed E-state index contributed by atoms with van der Waals surface area (Å²) in [4.78, 5) is 16.3. The van der Waals surface area contributed by atoms with Crippen molar-refractivity contribution in [3.8, 4) is 16.9 Å². The van der Waals surface area contributed by atoms with E-state index in [-0.39, 0.29) is 50.2 Å². The molecule has 1 amide bonds. The first-order chi connectivity index (χ1) is 19.1. The molecule has 1 saturated carbocycles. The lowest BCUT2D eigenvalue weighted by Crippen LogP contribution is -2.40. The maximum Gasteiger partial charge on any atom is 0.266 e. The quantitative estimate of drug-likeness (QED) is 0.272. The van der Waals surface area contributed by atoms with Crippen molar-refractivity contribution in [1.82, 2.24) is 4.90 Å². The van der Waals surface area contributed by atoms with Crippen molar-refractivity contribution >= 4 is 44.5 Å². The summed E-state index contributed by atoms with van der Waals surface area (Å²) < 4.78 is 58.7. The lowest BCUT2D eigenvalue weighted by atomic mass is 9.93. The Kier molecular flexibility index (Phi) is 8.36. The summed E-state index contributed by atoms with van der Waals surface area (Å²) in [6.07, 6.45) is 5.51. The fourth-order valence-corrected chi connectivity index (χ4v) is 7.71. The first-order valence-corrected chi connectivity index (χ1v) is 16.3. The highest BCUT2D eigenvalue weighted by Gasteiger charge is 2.35. The van der Waals surface area contributed by atoms with Crippen LogP contribution in [0.2, 0.25) is 5.02 Å². The number of hydrogen-bond donors (Lipinski definition) is 0. The molecule has 0 spiro atoms. The number of amides is 1. The van der Waals surface area contributed by atoms with Gasteiger partial charge in [-0.15, -0.1) is 11.3 Å². The van der Waals surface area contributed by atoms with Crippen molar-refractivity contribution in [2.45, 2.75) is 62.2 Å². The van der Waals surface area contributed by atoms with Crippen molar-refractivity contribution < 1.29 is 26.7 Å². The molecule has 2 aliphatic rings. The van der Waals surface area contributed by atoms with Crippen molar-refractivity contribution in [3.05, 3.63) is 74.4 Å². The predicted molar refractivity (Wildman–Crippen MR) is 155 cm³/mol. The molecule has 0 N–H and O–H groups in total. The molecule has 0 bridgehead atoms. The monoisotopic (exact) mass is 605 g/mol. The minimum Gasteiger partial charge on any atom is -0.496 e. The Labute approximate surface area is 242 Å². The summed E-state index contributed by atoms with van der Waals surface area (Å²) in [5, 5.41) is -0.00626. The predicted octanol–water partition coefficient (Wildman–Crippen LogP) is 8.18. The molecular formula is C30H30ClF2NO4S2. The number of thiophene rings is 1. The van der Waals surface area contributed by atoms with E-state index in [9.17, 15) is 22.0 Å². The number of fused-ring (bicyclic) bond motifs is 1. The van der Waals surface area contributed by atoms with Gasteiger partial charge in [-0.2, -0.15) is 0 Å². The molecule has 1 fully saturated rings. The van der Waals surface area contributed by atoms with Gasteiger partial charge in [0.25, 0.3) is 5.91 Å². The molecule has 2 aromatic carbocycles. The number of carbonyl (C=O) groups excluding carboxylic acids is 1. The summed E-state index contributed by atoms with van der Waals surface area (Å²) in [6, 6.07) is 12.2. The van der Waals surface area contributed by atoms with Gasteiger partial charge in [0.05, 0.1) is 21.9 Å². The van der Waals surface area contributed by atoms with E-state index in [4.69, 9.17) is 16.3 Å². The van der Waals surface area contributed by atoms with E-state index >= 15 is 0 Å². The topological polar surface area (TPSA) is 63.7 Å². The maximum atomic E-state index is 14.7. The number of carbonyl (C=O) groups is 1. The third-order valence-electron chi connectivity index (χ3n) is 7.63. The number of alkyl halides is 1. The van der Waals surface area contributed by atoms with Crippen molar-refractivity contribution in [1.29, 1.82) is 0 Å². The second kappa shape index (κ2) is 11.6. The van der Waals surface area contributed by atoms with Crippen LogP contribution in [0.3, 0.4) is 0 Å². The zero-order valence-corrected chi connectivity index (χ0v) is 24.6. The molecule has 0 aliphatic heterocycles. The molecule has 40 heavy (non-hydrogen) atoms. The summed E-state index contributed by atoms with van der Waals surface area (Å²) in [5.41, 5.74) is 2.48. The van der Waals surface area contributed by atoms with Crippen LogP contribution in [0.5, 0.6) is 5.75 Å². The number of benzene rings is 2. The smallest absolute Gasteiger partial charge is 0.266 e. The van der Waals surface area contributed by atoms with Crippen LogP contribution in [0.25, 0.3) is 17.0 Å². The van der Waals surface area contributed by atoms with E-state index < -0.39 is 21.8 Å². The fourth-order valence-electron chi connectivity index (χ4n) is 5.49. The second-order valence-corrected chi connectivity index (χ2v) is 13.7. The van der Waals surface area contributed by atoms with Crippen LogP contribution in [0, 0.1) is 0 Å².